The Labute approximate surface area is 106 Å². The minimum atomic E-state index is -2.23. The van der Waals surface area contributed by atoms with Crippen LogP contribution in [-0.4, -0.2) is 11.2 Å². The number of hydrogen-bond donors (Lipinski definition) is 2. The first-order valence-electron chi connectivity index (χ1n) is 5.81. The largest absolute Gasteiger partial charge is 0.391 e. The number of halogens is 5. The SMILES string of the molecule is N[C@@H](c1c(F)c(F)c(F)c(F)c1F)[C@H](O)C1CCC1. The molecular weight excluding hydrogens is 269 g/mol. The van der Waals surface area contributed by atoms with Crippen molar-refractivity contribution in [3.63, 3.8) is 0 Å². The van der Waals surface area contributed by atoms with Crippen LogP contribution in [0.2, 0.25) is 0 Å². The van der Waals surface area contributed by atoms with E-state index in [0.29, 0.717) is 12.8 Å². The summed E-state index contributed by atoms with van der Waals surface area (Å²) in [7, 11) is 0. The molecule has 3 N–H and O–H groups in total. The van der Waals surface area contributed by atoms with Gasteiger partial charge in [0.1, 0.15) is 0 Å². The van der Waals surface area contributed by atoms with Crippen molar-refractivity contribution in [3.8, 4) is 0 Å². The third kappa shape index (κ3) is 2.21. The number of rotatable bonds is 3. The molecule has 1 aliphatic carbocycles. The van der Waals surface area contributed by atoms with Crippen LogP contribution < -0.4 is 5.73 Å². The second kappa shape index (κ2) is 5.05. The van der Waals surface area contributed by atoms with Crippen LogP contribution >= 0.6 is 0 Å². The van der Waals surface area contributed by atoms with E-state index in [-0.39, 0.29) is 5.92 Å². The van der Waals surface area contributed by atoms with Gasteiger partial charge in [0.25, 0.3) is 0 Å². The number of nitrogens with two attached hydrogens (primary N) is 1. The standard InChI is InChI=1S/C12H12F5NO/c13-6-5(7(14)9(16)10(17)8(6)15)11(18)12(19)4-2-1-3-4/h4,11-12,19H,1-3,18H2/t11-,12+/m0/s1. The van der Waals surface area contributed by atoms with Crippen LogP contribution in [0.25, 0.3) is 0 Å². The minimum absolute atomic E-state index is 0.273. The van der Waals surface area contributed by atoms with Gasteiger partial charge in [0, 0.05) is 5.56 Å². The lowest BCUT2D eigenvalue weighted by Crippen LogP contribution is -2.37. The monoisotopic (exact) mass is 281 g/mol. The quantitative estimate of drug-likeness (QED) is 0.508. The molecule has 0 radical (unpaired) electrons. The Morgan fingerprint density at radius 3 is 1.68 bits per heavy atom. The second-order valence-corrected chi connectivity index (χ2v) is 4.69. The van der Waals surface area contributed by atoms with Gasteiger partial charge in [-0.05, 0) is 18.8 Å². The first-order valence-corrected chi connectivity index (χ1v) is 5.81. The van der Waals surface area contributed by atoms with Crippen molar-refractivity contribution in [2.24, 2.45) is 11.7 Å². The molecule has 1 saturated carbocycles. The molecule has 0 amide bonds. The average molecular weight is 281 g/mol. The fraction of sp³-hybridized carbons (Fsp3) is 0.500. The molecule has 0 aliphatic heterocycles. The van der Waals surface area contributed by atoms with Gasteiger partial charge in [-0.3, -0.25) is 0 Å². The molecule has 1 aromatic carbocycles. The van der Waals surface area contributed by atoms with Gasteiger partial charge in [-0.15, -0.1) is 0 Å². The smallest absolute Gasteiger partial charge is 0.200 e. The lowest BCUT2D eigenvalue weighted by atomic mass is 9.77. The van der Waals surface area contributed by atoms with Crippen molar-refractivity contribution >= 4 is 0 Å². The van der Waals surface area contributed by atoms with E-state index in [1.807, 2.05) is 0 Å². The highest BCUT2D eigenvalue weighted by Gasteiger charge is 2.36. The maximum absolute atomic E-state index is 13.5. The Hall–Kier alpha value is -1.21. The van der Waals surface area contributed by atoms with Gasteiger partial charge in [0.05, 0.1) is 12.1 Å². The number of aliphatic hydroxyl groups is 1. The van der Waals surface area contributed by atoms with Crippen LogP contribution in [0, 0.1) is 35.0 Å². The van der Waals surface area contributed by atoms with Crippen LogP contribution in [0.15, 0.2) is 0 Å². The van der Waals surface area contributed by atoms with Crippen molar-refractivity contribution in [1.82, 2.24) is 0 Å². The van der Waals surface area contributed by atoms with Crippen LogP contribution in [0.4, 0.5) is 22.0 Å². The average Bonchev–Trinajstić information content (AvgIpc) is 2.32. The third-order valence-electron chi connectivity index (χ3n) is 3.58. The number of aliphatic hydroxyl groups excluding tert-OH is 1. The molecule has 1 fully saturated rings. The van der Waals surface area contributed by atoms with E-state index in [1.165, 1.54) is 0 Å². The summed E-state index contributed by atoms with van der Waals surface area (Å²) >= 11 is 0. The summed E-state index contributed by atoms with van der Waals surface area (Å²) < 4.78 is 65.9. The van der Waals surface area contributed by atoms with Gasteiger partial charge in [-0.1, -0.05) is 6.42 Å². The molecule has 0 bridgehead atoms. The Kier molecular flexibility index (Phi) is 3.78. The van der Waals surface area contributed by atoms with Crippen LogP contribution in [0.3, 0.4) is 0 Å². The maximum atomic E-state index is 13.5. The van der Waals surface area contributed by atoms with Gasteiger partial charge in [0.2, 0.25) is 5.82 Å². The summed E-state index contributed by atoms with van der Waals surface area (Å²) in [5.41, 5.74) is 4.30. The Morgan fingerprint density at radius 2 is 1.32 bits per heavy atom. The fourth-order valence-electron chi connectivity index (χ4n) is 2.16. The summed E-state index contributed by atoms with van der Waals surface area (Å²) in [6, 6.07) is -1.64. The Bertz CT molecular complexity index is 474. The first kappa shape index (κ1) is 14.2. The first-order chi connectivity index (χ1) is 8.86. The molecule has 0 heterocycles. The van der Waals surface area contributed by atoms with E-state index in [1.54, 1.807) is 0 Å². The zero-order valence-electron chi connectivity index (χ0n) is 9.77. The van der Waals surface area contributed by atoms with Crippen molar-refractivity contribution < 1.29 is 27.1 Å². The van der Waals surface area contributed by atoms with Crippen molar-refractivity contribution in [2.75, 3.05) is 0 Å². The Balaban J connectivity index is 2.43. The van der Waals surface area contributed by atoms with E-state index in [0.717, 1.165) is 6.42 Å². The van der Waals surface area contributed by atoms with Crippen molar-refractivity contribution in [2.45, 2.75) is 31.4 Å². The van der Waals surface area contributed by atoms with Crippen LogP contribution in [0.1, 0.15) is 30.9 Å². The molecule has 0 aromatic heterocycles. The van der Waals surface area contributed by atoms with E-state index >= 15 is 0 Å². The van der Waals surface area contributed by atoms with Crippen molar-refractivity contribution in [3.05, 3.63) is 34.6 Å². The highest BCUT2D eigenvalue weighted by Crippen LogP contribution is 2.36. The van der Waals surface area contributed by atoms with Gasteiger partial charge < -0.3 is 10.8 Å². The van der Waals surface area contributed by atoms with Crippen LogP contribution in [0.5, 0.6) is 0 Å². The predicted octanol–water partition coefficient (Wildman–Crippen LogP) is 2.54. The molecule has 1 aromatic rings. The number of hydrogen-bond acceptors (Lipinski definition) is 2. The summed E-state index contributed by atoms with van der Waals surface area (Å²) in [5, 5.41) is 9.79. The molecule has 19 heavy (non-hydrogen) atoms. The predicted molar refractivity (Wildman–Crippen MR) is 56.5 cm³/mol. The van der Waals surface area contributed by atoms with Crippen molar-refractivity contribution in [1.29, 1.82) is 0 Å². The summed E-state index contributed by atoms with van der Waals surface area (Å²) in [6.07, 6.45) is 0.738. The normalized spacial score (nSPS) is 19.1. The van der Waals surface area contributed by atoms with Gasteiger partial charge >= 0.3 is 0 Å². The maximum Gasteiger partial charge on any atom is 0.200 e. The molecule has 0 spiro atoms. The summed E-state index contributed by atoms with van der Waals surface area (Å²) in [4.78, 5) is 0. The van der Waals surface area contributed by atoms with Gasteiger partial charge in [-0.2, -0.15) is 0 Å². The van der Waals surface area contributed by atoms with E-state index in [4.69, 9.17) is 5.73 Å². The minimum Gasteiger partial charge on any atom is -0.391 e. The molecule has 2 nitrogen and oxygen atoms in total. The lowest BCUT2D eigenvalue weighted by molar-refractivity contribution is 0.0390. The third-order valence-corrected chi connectivity index (χ3v) is 3.58. The molecule has 1 aliphatic rings. The molecule has 2 atom stereocenters. The fourth-order valence-corrected chi connectivity index (χ4v) is 2.16. The molecule has 106 valence electrons. The van der Waals surface area contributed by atoms with Gasteiger partial charge in [0.15, 0.2) is 23.3 Å². The zero-order valence-corrected chi connectivity index (χ0v) is 9.77. The molecule has 2 rings (SSSR count). The molecule has 7 heteroatoms. The number of benzene rings is 1. The van der Waals surface area contributed by atoms with E-state index < -0.39 is 46.8 Å². The molecule has 0 unspecified atom stereocenters. The zero-order chi connectivity index (χ0) is 14.3. The van der Waals surface area contributed by atoms with Crippen LogP contribution in [-0.2, 0) is 0 Å². The lowest BCUT2D eigenvalue weighted by Gasteiger charge is -2.34. The summed E-state index contributed by atoms with van der Waals surface area (Å²) in [5.74, 6) is -10.6. The highest BCUT2D eigenvalue weighted by atomic mass is 19.2. The second-order valence-electron chi connectivity index (χ2n) is 4.69. The topological polar surface area (TPSA) is 46.2 Å². The Morgan fingerprint density at radius 1 is 0.895 bits per heavy atom. The van der Waals surface area contributed by atoms with E-state index in [2.05, 4.69) is 0 Å². The van der Waals surface area contributed by atoms with E-state index in [9.17, 15) is 27.1 Å². The molecule has 0 saturated heterocycles. The summed E-state index contributed by atoms with van der Waals surface area (Å²) in [6.45, 7) is 0. The van der Waals surface area contributed by atoms with Gasteiger partial charge in [-0.25, -0.2) is 22.0 Å². The molecular formula is C12H12F5NO. The highest BCUT2D eigenvalue weighted by molar-refractivity contribution is 5.27.